The molecule has 0 aromatic heterocycles. The SMILES string of the molecule is C[C@@H]1C[C@H]2[C@@H]3C[C@H](F)C4=CC(=O)C=C[C@]4(C)C3(F)[C@@H](O)C[C@]2(C)[C@@]1(O)C(=O)COC(=O)c1ccccc1O. The fraction of sp³-hybridized carbons (Fsp3) is 0.552. The van der Waals surface area contributed by atoms with Crippen LogP contribution in [0.5, 0.6) is 5.75 Å². The first kappa shape index (κ1) is 26.7. The molecule has 3 N–H and O–H groups in total. The second-order valence-electron chi connectivity index (χ2n) is 11.8. The van der Waals surface area contributed by atoms with Gasteiger partial charge in [0.2, 0.25) is 5.78 Å². The number of aliphatic hydroxyl groups excluding tert-OH is 1. The van der Waals surface area contributed by atoms with Gasteiger partial charge in [-0.2, -0.15) is 0 Å². The Balaban J connectivity index is 1.46. The van der Waals surface area contributed by atoms with Gasteiger partial charge in [0.05, 0.1) is 6.10 Å². The lowest BCUT2D eigenvalue weighted by atomic mass is 9.44. The summed E-state index contributed by atoms with van der Waals surface area (Å²) < 4.78 is 37.9. The molecule has 0 spiro atoms. The average Bonchev–Trinajstić information content (AvgIpc) is 3.07. The van der Waals surface area contributed by atoms with Crippen LogP contribution in [-0.2, 0) is 14.3 Å². The Morgan fingerprint density at radius 1 is 1.16 bits per heavy atom. The number of hydrogen-bond acceptors (Lipinski definition) is 7. The highest BCUT2D eigenvalue weighted by Crippen LogP contribution is 2.71. The Bertz CT molecular complexity index is 1280. The minimum Gasteiger partial charge on any atom is -0.507 e. The van der Waals surface area contributed by atoms with E-state index in [0.717, 1.165) is 6.08 Å². The van der Waals surface area contributed by atoms with Gasteiger partial charge in [-0.25, -0.2) is 13.6 Å². The summed E-state index contributed by atoms with van der Waals surface area (Å²) in [7, 11) is 0. The number of alkyl halides is 2. The number of phenolic OH excluding ortho intramolecular Hbond substituents is 1. The first-order chi connectivity index (χ1) is 17.7. The van der Waals surface area contributed by atoms with Crippen molar-refractivity contribution in [2.24, 2.45) is 28.6 Å². The van der Waals surface area contributed by atoms with Crippen LogP contribution in [0.2, 0.25) is 0 Å². The highest BCUT2D eigenvalue weighted by molar-refractivity contribution is 6.01. The van der Waals surface area contributed by atoms with Gasteiger partial charge in [-0.15, -0.1) is 0 Å². The molecule has 0 radical (unpaired) electrons. The zero-order valence-electron chi connectivity index (χ0n) is 21.5. The van der Waals surface area contributed by atoms with E-state index in [1.807, 2.05) is 0 Å². The van der Waals surface area contributed by atoms with Crippen LogP contribution in [0, 0.1) is 28.6 Å². The third-order valence-corrected chi connectivity index (χ3v) is 10.1. The molecule has 3 saturated carbocycles. The fourth-order valence-electron chi connectivity index (χ4n) is 8.10. The number of fused-ring (bicyclic) bond motifs is 5. The smallest absolute Gasteiger partial charge is 0.342 e. The van der Waals surface area contributed by atoms with Crippen molar-refractivity contribution >= 4 is 17.5 Å². The second-order valence-corrected chi connectivity index (χ2v) is 11.8. The Morgan fingerprint density at radius 2 is 1.84 bits per heavy atom. The number of benzene rings is 1. The monoisotopic (exact) mass is 530 g/mol. The van der Waals surface area contributed by atoms with E-state index in [1.54, 1.807) is 13.8 Å². The maximum Gasteiger partial charge on any atom is 0.342 e. The summed E-state index contributed by atoms with van der Waals surface area (Å²) in [5, 5.41) is 33.2. The summed E-state index contributed by atoms with van der Waals surface area (Å²) in [5.41, 5.74) is -7.45. The zero-order valence-corrected chi connectivity index (χ0v) is 21.5. The molecule has 1 aromatic carbocycles. The van der Waals surface area contributed by atoms with E-state index in [0.29, 0.717) is 0 Å². The number of allylic oxidation sites excluding steroid dienone is 4. The van der Waals surface area contributed by atoms with Gasteiger partial charge in [-0.1, -0.05) is 32.1 Å². The van der Waals surface area contributed by atoms with Crippen molar-refractivity contribution in [3.05, 3.63) is 53.6 Å². The minimum atomic E-state index is -2.33. The molecule has 0 bridgehead atoms. The molecule has 1 unspecified atom stereocenters. The number of para-hydroxylation sites is 1. The number of halogens is 2. The number of aromatic hydroxyl groups is 1. The lowest BCUT2D eigenvalue weighted by Crippen LogP contribution is -2.70. The molecule has 9 atom stereocenters. The van der Waals surface area contributed by atoms with Gasteiger partial charge < -0.3 is 20.1 Å². The van der Waals surface area contributed by atoms with Crippen LogP contribution in [0.15, 0.2) is 48.1 Å². The fourth-order valence-corrected chi connectivity index (χ4v) is 8.10. The predicted octanol–water partition coefficient (Wildman–Crippen LogP) is 3.41. The first-order valence-corrected chi connectivity index (χ1v) is 12.9. The molecule has 5 rings (SSSR count). The Kier molecular flexibility index (Phi) is 6.00. The largest absolute Gasteiger partial charge is 0.507 e. The van der Waals surface area contributed by atoms with Gasteiger partial charge in [0.15, 0.2) is 18.1 Å². The number of carbonyl (C=O) groups is 3. The Hall–Kier alpha value is -2.91. The molecular formula is C29H32F2O7. The number of aliphatic hydroxyl groups is 2. The average molecular weight is 531 g/mol. The molecule has 4 aliphatic rings. The van der Waals surface area contributed by atoms with Crippen LogP contribution in [0.3, 0.4) is 0 Å². The molecule has 204 valence electrons. The summed E-state index contributed by atoms with van der Waals surface area (Å²) in [6.07, 6.45) is -0.0437. The number of esters is 1. The van der Waals surface area contributed by atoms with Gasteiger partial charge in [0, 0.05) is 16.7 Å². The summed E-state index contributed by atoms with van der Waals surface area (Å²) >= 11 is 0. The number of hydrogen-bond donors (Lipinski definition) is 3. The molecule has 0 heterocycles. The highest BCUT2D eigenvalue weighted by atomic mass is 19.1. The first-order valence-electron chi connectivity index (χ1n) is 12.9. The van der Waals surface area contributed by atoms with Crippen LogP contribution >= 0.6 is 0 Å². The summed E-state index contributed by atoms with van der Waals surface area (Å²) in [5.74, 6) is -4.93. The summed E-state index contributed by atoms with van der Waals surface area (Å²) in [6, 6.07) is 5.67. The van der Waals surface area contributed by atoms with Crippen molar-refractivity contribution in [2.75, 3.05) is 6.61 Å². The molecule has 0 saturated heterocycles. The summed E-state index contributed by atoms with van der Waals surface area (Å²) in [4.78, 5) is 37.9. The van der Waals surface area contributed by atoms with Crippen LogP contribution in [0.25, 0.3) is 0 Å². The normalized spacial score (nSPS) is 43.5. The van der Waals surface area contributed by atoms with Crippen LogP contribution in [-0.4, -0.2) is 63.0 Å². The van der Waals surface area contributed by atoms with E-state index < -0.39 is 76.3 Å². The number of ketones is 2. The lowest BCUT2D eigenvalue weighted by Gasteiger charge is -2.63. The van der Waals surface area contributed by atoms with Crippen molar-refractivity contribution in [1.29, 1.82) is 0 Å². The second kappa shape index (κ2) is 8.55. The Labute approximate surface area is 219 Å². The number of rotatable bonds is 4. The quantitative estimate of drug-likeness (QED) is 0.510. The van der Waals surface area contributed by atoms with E-state index in [4.69, 9.17) is 4.74 Å². The zero-order chi connectivity index (χ0) is 27.8. The van der Waals surface area contributed by atoms with Crippen molar-refractivity contribution in [3.63, 3.8) is 0 Å². The Morgan fingerprint density at radius 3 is 2.53 bits per heavy atom. The van der Waals surface area contributed by atoms with Crippen LogP contribution in [0.4, 0.5) is 8.78 Å². The predicted molar refractivity (Wildman–Crippen MR) is 132 cm³/mol. The molecule has 3 fully saturated rings. The van der Waals surface area contributed by atoms with Gasteiger partial charge in [-0.3, -0.25) is 9.59 Å². The minimum absolute atomic E-state index is 0.000126. The van der Waals surface area contributed by atoms with Gasteiger partial charge >= 0.3 is 5.97 Å². The molecular weight excluding hydrogens is 498 g/mol. The molecule has 1 aromatic rings. The van der Waals surface area contributed by atoms with Crippen LogP contribution in [0.1, 0.15) is 50.4 Å². The van der Waals surface area contributed by atoms with Gasteiger partial charge in [0.1, 0.15) is 23.1 Å². The summed E-state index contributed by atoms with van der Waals surface area (Å²) in [6.45, 7) is 3.94. The topological polar surface area (TPSA) is 121 Å². The molecule has 4 aliphatic carbocycles. The van der Waals surface area contributed by atoms with E-state index in [2.05, 4.69) is 0 Å². The molecule has 0 amide bonds. The van der Waals surface area contributed by atoms with Crippen molar-refractivity contribution < 1.29 is 43.2 Å². The molecule has 0 aliphatic heterocycles. The number of phenols is 1. The van der Waals surface area contributed by atoms with Crippen molar-refractivity contribution in [3.8, 4) is 5.75 Å². The maximum atomic E-state index is 17.2. The maximum absolute atomic E-state index is 17.2. The molecule has 9 heteroatoms. The number of carbonyl (C=O) groups excluding carboxylic acids is 3. The third-order valence-electron chi connectivity index (χ3n) is 10.1. The van der Waals surface area contributed by atoms with Gasteiger partial charge in [0.25, 0.3) is 0 Å². The highest BCUT2D eigenvalue weighted by Gasteiger charge is 2.76. The van der Waals surface area contributed by atoms with E-state index in [9.17, 15) is 29.7 Å². The van der Waals surface area contributed by atoms with E-state index in [1.165, 1.54) is 43.3 Å². The number of Topliss-reactive ketones (excluding diaryl/α,β-unsaturated/α-hetero) is 1. The van der Waals surface area contributed by atoms with Crippen LogP contribution < -0.4 is 0 Å². The van der Waals surface area contributed by atoms with Gasteiger partial charge in [-0.05, 0) is 67.9 Å². The van der Waals surface area contributed by atoms with Crippen molar-refractivity contribution in [1.82, 2.24) is 0 Å². The lowest BCUT2D eigenvalue weighted by molar-refractivity contribution is -0.223. The number of ether oxygens (including phenoxy) is 1. The van der Waals surface area contributed by atoms with Crippen molar-refractivity contribution in [2.45, 2.75) is 63.6 Å². The van der Waals surface area contributed by atoms with E-state index >= 15 is 8.78 Å². The standard InChI is InChI=1S/C29H32F2O7/c1-15-10-18-19-12-21(30)20-11-16(32)8-9-26(20,2)28(19,31)23(34)13-27(18,3)29(15,37)24(35)14-38-25(36)17-6-4-5-7-22(17)33/h4-9,11,15,18-19,21,23,33-34,37H,10,12-14H2,1-3H3/t15-,18+,19+,21+,23+,26+,27+,28?,29+/m1/s1. The molecule has 7 nitrogen and oxygen atoms in total. The molecule has 38 heavy (non-hydrogen) atoms. The third kappa shape index (κ3) is 3.27. The van der Waals surface area contributed by atoms with E-state index in [-0.39, 0.29) is 36.1 Å².